The molecule has 27 heavy (non-hydrogen) atoms. The van der Waals surface area contributed by atoms with Crippen LogP contribution < -0.4 is 0 Å². The van der Waals surface area contributed by atoms with Crippen molar-refractivity contribution < 1.29 is 15.0 Å². The van der Waals surface area contributed by atoms with Crippen molar-refractivity contribution in [2.75, 3.05) is 13.7 Å². The van der Waals surface area contributed by atoms with E-state index in [-0.39, 0.29) is 17.4 Å². The minimum absolute atomic E-state index is 0.0555. The molecule has 1 saturated heterocycles. The summed E-state index contributed by atoms with van der Waals surface area (Å²) in [6.45, 7) is 4.75. The Morgan fingerprint density at radius 3 is 2.59 bits per heavy atom. The van der Waals surface area contributed by atoms with Crippen LogP contribution >= 0.6 is 0 Å². The highest BCUT2D eigenvalue weighted by atomic mass is 16.3. The molecule has 150 valence electrons. The van der Waals surface area contributed by atoms with Crippen molar-refractivity contribution in [3.63, 3.8) is 0 Å². The SMILES string of the molecule is CN1C(=O)CC[C@]2(C)[C@H]3CC[C@@]4(C)[C@@H](CC[C@@]4(O)C#CCCO)[C@@H]3CC[C@@H]12. The fourth-order valence-electron chi connectivity index (χ4n) is 7.64. The molecular formula is C23H35NO3. The summed E-state index contributed by atoms with van der Waals surface area (Å²) in [4.78, 5) is 14.3. The molecule has 2 N–H and O–H groups in total. The van der Waals surface area contributed by atoms with E-state index in [9.17, 15) is 9.90 Å². The van der Waals surface area contributed by atoms with Crippen molar-refractivity contribution in [2.45, 2.75) is 83.3 Å². The highest BCUT2D eigenvalue weighted by molar-refractivity contribution is 5.77. The zero-order valence-corrected chi connectivity index (χ0v) is 17.1. The van der Waals surface area contributed by atoms with Crippen molar-refractivity contribution in [2.24, 2.45) is 28.6 Å². The van der Waals surface area contributed by atoms with E-state index in [4.69, 9.17) is 5.11 Å². The van der Waals surface area contributed by atoms with Gasteiger partial charge in [-0.2, -0.15) is 0 Å². The molecule has 1 aliphatic heterocycles. The number of piperidine rings is 1. The lowest BCUT2D eigenvalue weighted by atomic mass is 9.46. The van der Waals surface area contributed by atoms with Gasteiger partial charge in [-0.05, 0) is 68.1 Å². The van der Waals surface area contributed by atoms with Crippen molar-refractivity contribution in [1.29, 1.82) is 0 Å². The smallest absolute Gasteiger partial charge is 0.222 e. The van der Waals surface area contributed by atoms with Gasteiger partial charge in [-0.1, -0.05) is 25.7 Å². The molecule has 4 heteroatoms. The van der Waals surface area contributed by atoms with Crippen molar-refractivity contribution in [3.05, 3.63) is 0 Å². The average molecular weight is 374 g/mol. The summed E-state index contributed by atoms with van der Waals surface area (Å²) in [6.07, 6.45) is 8.38. The molecule has 4 fully saturated rings. The molecule has 0 bridgehead atoms. The highest BCUT2D eigenvalue weighted by Gasteiger charge is 2.64. The Kier molecular flexibility index (Phi) is 4.63. The van der Waals surface area contributed by atoms with Crippen LogP contribution in [0.1, 0.15) is 71.6 Å². The second kappa shape index (κ2) is 6.49. The monoisotopic (exact) mass is 373 g/mol. The predicted molar refractivity (Wildman–Crippen MR) is 105 cm³/mol. The lowest BCUT2D eigenvalue weighted by Crippen LogP contribution is -2.62. The Bertz CT molecular complexity index is 681. The summed E-state index contributed by atoms with van der Waals surface area (Å²) < 4.78 is 0. The molecule has 4 nitrogen and oxygen atoms in total. The van der Waals surface area contributed by atoms with Gasteiger partial charge in [0, 0.05) is 31.3 Å². The van der Waals surface area contributed by atoms with Crippen LogP contribution in [0.2, 0.25) is 0 Å². The molecule has 4 rings (SSSR count). The van der Waals surface area contributed by atoms with Crippen molar-refractivity contribution in [3.8, 4) is 11.8 Å². The largest absolute Gasteiger partial charge is 0.395 e. The molecule has 1 amide bonds. The second-order valence-corrected chi connectivity index (χ2v) is 10.1. The first-order valence-corrected chi connectivity index (χ1v) is 10.9. The van der Waals surface area contributed by atoms with Crippen LogP contribution in [0.5, 0.6) is 0 Å². The van der Waals surface area contributed by atoms with E-state index in [0.717, 1.165) is 38.5 Å². The van der Waals surface area contributed by atoms with Crippen LogP contribution in [-0.2, 0) is 4.79 Å². The van der Waals surface area contributed by atoms with Gasteiger partial charge in [0.15, 0.2) is 0 Å². The number of carbonyl (C=O) groups excluding carboxylic acids is 1. The third kappa shape index (κ3) is 2.61. The van der Waals surface area contributed by atoms with Crippen LogP contribution in [0.25, 0.3) is 0 Å². The summed E-state index contributed by atoms with van der Waals surface area (Å²) in [5.41, 5.74) is -0.832. The number of carbonyl (C=O) groups is 1. The number of hydrogen-bond donors (Lipinski definition) is 2. The Morgan fingerprint density at radius 1 is 1.11 bits per heavy atom. The van der Waals surface area contributed by atoms with E-state index in [1.807, 2.05) is 11.9 Å². The minimum Gasteiger partial charge on any atom is -0.395 e. The zero-order valence-electron chi connectivity index (χ0n) is 17.1. The normalized spacial score (nSPS) is 48.9. The molecular weight excluding hydrogens is 338 g/mol. The van der Waals surface area contributed by atoms with Crippen LogP contribution in [0.4, 0.5) is 0 Å². The number of hydrogen-bond acceptors (Lipinski definition) is 3. The first-order chi connectivity index (χ1) is 12.8. The lowest BCUT2D eigenvalue weighted by Gasteiger charge is -2.62. The van der Waals surface area contributed by atoms with Gasteiger partial charge in [-0.15, -0.1) is 0 Å². The summed E-state index contributed by atoms with van der Waals surface area (Å²) in [6, 6.07) is 0.383. The maximum atomic E-state index is 12.3. The van der Waals surface area contributed by atoms with Crippen molar-refractivity contribution in [1.82, 2.24) is 4.90 Å². The van der Waals surface area contributed by atoms with Gasteiger partial charge in [0.2, 0.25) is 5.91 Å². The summed E-state index contributed by atoms with van der Waals surface area (Å²) in [5.74, 6) is 8.30. The summed E-state index contributed by atoms with van der Waals surface area (Å²) in [5, 5.41) is 20.5. The fourth-order valence-corrected chi connectivity index (χ4v) is 7.64. The molecule has 0 aromatic rings. The number of amides is 1. The van der Waals surface area contributed by atoms with Crippen LogP contribution in [0.3, 0.4) is 0 Å². The standard InChI is InChI=1S/C23H35NO3/c1-21-12-10-20(26)24(3)19(21)7-6-16-17(21)8-13-22(2)18(16)9-14-23(22,27)11-4-5-15-25/h16-19,25,27H,5-10,12-15H2,1-3H3/t16-,17+,18+,19-,21-,22+,23+/m1/s1. The maximum absolute atomic E-state index is 12.3. The highest BCUT2D eigenvalue weighted by Crippen LogP contribution is 2.66. The van der Waals surface area contributed by atoms with Gasteiger partial charge in [-0.3, -0.25) is 4.79 Å². The first-order valence-electron chi connectivity index (χ1n) is 10.9. The van der Waals surface area contributed by atoms with Gasteiger partial charge < -0.3 is 15.1 Å². The Morgan fingerprint density at radius 2 is 1.85 bits per heavy atom. The van der Waals surface area contributed by atoms with Gasteiger partial charge in [0.1, 0.15) is 5.60 Å². The van der Waals surface area contributed by atoms with Crippen LogP contribution in [0.15, 0.2) is 0 Å². The van der Waals surface area contributed by atoms with Gasteiger partial charge in [-0.25, -0.2) is 0 Å². The number of nitrogens with zero attached hydrogens (tertiary/aromatic N) is 1. The second-order valence-electron chi connectivity index (χ2n) is 10.1. The average Bonchev–Trinajstić information content (AvgIpc) is 2.90. The Balaban J connectivity index is 1.62. The molecule has 7 atom stereocenters. The van der Waals surface area contributed by atoms with Gasteiger partial charge in [0.05, 0.1) is 6.61 Å². The molecule has 0 spiro atoms. The number of likely N-dealkylation sites (tertiary alicyclic amines) is 1. The molecule has 4 aliphatic rings. The summed E-state index contributed by atoms with van der Waals surface area (Å²) >= 11 is 0. The van der Waals surface area contributed by atoms with E-state index < -0.39 is 5.60 Å². The predicted octanol–water partition coefficient (Wildman–Crippen LogP) is 2.97. The fraction of sp³-hybridized carbons (Fsp3) is 0.870. The molecule has 3 aliphatic carbocycles. The van der Waals surface area contributed by atoms with Crippen LogP contribution in [-0.4, -0.2) is 46.3 Å². The lowest BCUT2D eigenvalue weighted by molar-refractivity contribution is -0.163. The third-order valence-corrected chi connectivity index (χ3v) is 9.24. The van der Waals surface area contributed by atoms with Gasteiger partial charge >= 0.3 is 0 Å². The molecule has 0 aromatic heterocycles. The van der Waals surface area contributed by atoms with Gasteiger partial charge in [0.25, 0.3) is 0 Å². The quantitative estimate of drug-likeness (QED) is 0.695. The molecule has 0 unspecified atom stereocenters. The van der Waals surface area contributed by atoms with Crippen LogP contribution in [0, 0.1) is 40.4 Å². The topological polar surface area (TPSA) is 60.8 Å². The minimum atomic E-state index is -0.908. The Hall–Kier alpha value is -1.05. The maximum Gasteiger partial charge on any atom is 0.222 e. The van der Waals surface area contributed by atoms with Crippen molar-refractivity contribution >= 4 is 5.91 Å². The number of rotatable bonds is 1. The molecule has 0 aromatic carbocycles. The zero-order chi connectivity index (χ0) is 19.4. The van der Waals surface area contributed by atoms with E-state index in [2.05, 4.69) is 25.7 Å². The Labute approximate surface area is 163 Å². The molecule has 1 heterocycles. The third-order valence-electron chi connectivity index (χ3n) is 9.24. The van der Waals surface area contributed by atoms with E-state index in [0.29, 0.717) is 42.5 Å². The number of aliphatic hydroxyl groups excluding tert-OH is 1. The van der Waals surface area contributed by atoms with E-state index >= 15 is 0 Å². The van der Waals surface area contributed by atoms with E-state index in [1.54, 1.807) is 0 Å². The van der Waals surface area contributed by atoms with E-state index in [1.165, 1.54) is 6.42 Å². The summed E-state index contributed by atoms with van der Waals surface area (Å²) in [7, 11) is 2.00. The number of fused-ring (bicyclic) bond motifs is 5. The first kappa shape index (κ1) is 19.3. The molecule has 3 saturated carbocycles. The molecule has 0 radical (unpaired) electrons. The number of aliphatic hydroxyl groups is 2.